The van der Waals surface area contributed by atoms with Gasteiger partial charge >= 0.3 is 35.8 Å². The fourth-order valence-corrected chi connectivity index (χ4v) is 9.09. The first kappa shape index (κ1) is 51.4. The molecule has 0 unspecified atom stereocenters. The van der Waals surface area contributed by atoms with Crippen LogP contribution in [0.4, 0.5) is 0 Å². The number of esters is 6. The highest BCUT2D eigenvalue weighted by Crippen LogP contribution is 2.39. The number of carbonyl (C=O) groups is 6. The number of ether oxygens (including phenoxy) is 12. The zero-order valence-electron chi connectivity index (χ0n) is 40.4. The van der Waals surface area contributed by atoms with E-state index in [1.807, 2.05) is 0 Å². The van der Waals surface area contributed by atoms with Crippen molar-refractivity contribution in [3.63, 3.8) is 0 Å². The summed E-state index contributed by atoms with van der Waals surface area (Å²) in [6.45, 7) is -1.04. The predicted octanol–water partition coefficient (Wildman–Crippen LogP) is 6.62. The summed E-state index contributed by atoms with van der Waals surface area (Å²) < 4.78 is 74.6. The smallest absolute Gasteiger partial charge is 0.338 e. The minimum Gasteiger partial charge on any atom is -0.459 e. The predicted molar refractivity (Wildman–Crippen MR) is 263 cm³/mol. The molecule has 0 aliphatic carbocycles. The molecule has 0 saturated carbocycles. The van der Waals surface area contributed by atoms with Gasteiger partial charge < -0.3 is 56.8 Å². The Balaban J connectivity index is 0.933. The van der Waals surface area contributed by atoms with E-state index in [4.69, 9.17) is 56.8 Å². The van der Waals surface area contributed by atoms with Crippen LogP contribution in [0.3, 0.4) is 0 Å². The van der Waals surface area contributed by atoms with Crippen LogP contribution in [0.5, 0.6) is 0 Å². The van der Waals surface area contributed by atoms with Gasteiger partial charge in [0.05, 0.1) is 46.6 Å². The molecule has 4 fully saturated rings. The number of hydrogen-bond acceptors (Lipinski definition) is 18. The number of fused-ring (bicyclic) bond motifs is 2. The molecule has 0 spiro atoms. The van der Waals surface area contributed by atoms with Crippen molar-refractivity contribution in [2.75, 3.05) is 26.4 Å². The summed E-state index contributed by atoms with van der Waals surface area (Å²) in [6, 6.07) is 49.0. The van der Waals surface area contributed by atoms with Gasteiger partial charge in [0, 0.05) is 0 Å². The van der Waals surface area contributed by atoms with Crippen LogP contribution in [-0.2, 0) is 56.8 Å². The molecule has 0 N–H and O–H groups in total. The van der Waals surface area contributed by atoms with Crippen molar-refractivity contribution in [3.8, 4) is 0 Å². The van der Waals surface area contributed by atoms with Gasteiger partial charge in [0.25, 0.3) is 0 Å². The Morgan fingerprint density at radius 2 is 0.671 bits per heavy atom. The Hall–Kier alpha value is -8.10. The van der Waals surface area contributed by atoms with Crippen molar-refractivity contribution < 1.29 is 85.6 Å². The van der Waals surface area contributed by atoms with Crippen LogP contribution < -0.4 is 0 Å². The molecule has 6 aromatic carbocycles. The van der Waals surface area contributed by atoms with Crippen molar-refractivity contribution in [1.29, 1.82) is 0 Å². The molecule has 390 valence electrons. The highest BCUT2D eigenvalue weighted by atomic mass is 16.8. The zero-order chi connectivity index (χ0) is 52.4. The molecule has 2 bridgehead atoms. The summed E-state index contributed by atoms with van der Waals surface area (Å²) in [5.74, 6) is -4.56. The third kappa shape index (κ3) is 12.0. The quantitative estimate of drug-likeness (QED) is 0.0653. The third-order valence-electron chi connectivity index (χ3n) is 12.9. The molecule has 10 rings (SSSR count). The second kappa shape index (κ2) is 24.1. The standard InChI is InChI=1S/C58H50O18/c59-51(35-19-7-1-8-20-35)67-33-43-47(72-53(61)37-23-11-3-12-24-37)49(74-55(63)39-27-15-5-16-28-39)57(70-43)69-42-32-65-41-31-66-45(42)46(41)76-58-50(75-56(64)40-29-17-6-18-30-40)48(73-54(62)38-25-13-4-14-26-38)44(71-58)34-68-52(60)36-21-9-2-10-22-36/h1-30,41-50,57-58H,31-34H2/t41-,42-,43+,44+,45-,46-,47+,48+,49-,50-,57-,58+/m0/s1. The van der Waals surface area contributed by atoms with E-state index in [0.717, 1.165) is 0 Å². The summed E-state index contributed by atoms with van der Waals surface area (Å²) in [4.78, 5) is 81.9. The molecule has 4 heterocycles. The van der Waals surface area contributed by atoms with Crippen LogP contribution >= 0.6 is 0 Å². The van der Waals surface area contributed by atoms with E-state index < -0.39 is 123 Å². The van der Waals surface area contributed by atoms with Gasteiger partial charge in [-0.1, -0.05) is 109 Å². The molecular weight excluding hydrogens is 985 g/mol. The number of benzene rings is 6. The second-order valence-electron chi connectivity index (χ2n) is 17.9. The maximum atomic E-state index is 13.9. The molecule has 0 aromatic heterocycles. The molecule has 4 aliphatic rings. The number of rotatable bonds is 18. The van der Waals surface area contributed by atoms with Crippen LogP contribution in [0.15, 0.2) is 182 Å². The van der Waals surface area contributed by atoms with Crippen molar-refractivity contribution >= 4 is 35.8 Å². The van der Waals surface area contributed by atoms with E-state index in [0.29, 0.717) is 0 Å². The van der Waals surface area contributed by atoms with Crippen LogP contribution in [0.25, 0.3) is 0 Å². The Bertz CT molecular complexity index is 2930. The molecule has 0 radical (unpaired) electrons. The molecule has 4 aliphatic heterocycles. The zero-order valence-corrected chi connectivity index (χ0v) is 40.4. The first-order valence-electron chi connectivity index (χ1n) is 24.5. The van der Waals surface area contributed by atoms with E-state index in [-0.39, 0.29) is 46.6 Å². The normalized spacial score (nSPS) is 26.4. The highest BCUT2D eigenvalue weighted by Gasteiger charge is 2.58. The molecule has 6 aromatic rings. The summed E-state index contributed by atoms with van der Waals surface area (Å²) in [6.07, 6.45) is -15.1. The van der Waals surface area contributed by atoms with Gasteiger partial charge in [-0.15, -0.1) is 0 Å². The largest absolute Gasteiger partial charge is 0.459 e. The van der Waals surface area contributed by atoms with Crippen molar-refractivity contribution in [3.05, 3.63) is 215 Å². The van der Waals surface area contributed by atoms with Gasteiger partial charge in [-0.25, -0.2) is 28.8 Å². The minimum atomic E-state index is -1.51. The van der Waals surface area contributed by atoms with Crippen molar-refractivity contribution in [2.24, 2.45) is 0 Å². The van der Waals surface area contributed by atoms with Gasteiger partial charge in [-0.2, -0.15) is 0 Å². The molecule has 18 heteroatoms. The van der Waals surface area contributed by atoms with Crippen LogP contribution in [0, 0.1) is 0 Å². The van der Waals surface area contributed by atoms with E-state index in [1.54, 1.807) is 182 Å². The molecule has 0 amide bonds. The molecule has 76 heavy (non-hydrogen) atoms. The average Bonchev–Trinajstić information content (AvgIpc) is 4.07. The van der Waals surface area contributed by atoms with E-state index in [1.165, 1.54) is 0 Å². The fraction of sp³-hybridized carbons (Fsp3) is 0.276. The highest BCUT2D eigenvalue weighted by molar-refractivity contribution is 5.92. The van der Waals surface area contributed by atoms with Crippen LogP contribution in [0.1, 0.15) is 62.1 Å². The lowest BCUT2D eigenvalue weighted by molar-refractivity contribution is -0.270. The average molecular weight is 1040 g/mol. The molecular formula is C58H50O18. The maximum Gasteiger partial charge on any atom is 0.338 e. The first-order chi connectivity index (χ1) is 37.2. The SMILES string of the molecule is O=C(OC[C@H]1O[C@H](O[C@@H]2[C@H]3OC[C@@H]2OC[C@@H]3O[C@H]2O[C@H](COC(=O)c3ccccc3)[C@@H](OC(=O)c3ccccc3)[C@@H]2OC(=O)c2ccccc2)[C@@H](OC(=O)c2ccccc2)[C@@H]1OC(=O)c1ccccc1)c1ccccc1. The summed E-state index contributed by atoms with van der Waals surface area (Å²) in [5.41, 5.74) is 1.21. The lowest BCUT2D eigenvalue weighted by atomic mass is 10.0. The van der Waals surface area contributed by atoms with Gasteiger partial charge in [0.2, 0.25) is 0 Å². The Morgan fingerprint density at radius 3 is 1.03 bits per heavy atom. The molecule has 4 saturated heterocycles. The Labute approximate surface area is 435 Å². The lowest BCUT2D eigenvalue weighted by Crippen LogP contribution is -2.54. The van der Waals surface area contributed by atoms with E-state index in [2.05, 4.69) is 0 Å². The van der Waals surface area contributed by atoms with Crippen molar-refractivity contribution in [1.82, 2.24) is 0 Å². The monoisotopic (exact) mass is 1030 g/mol. The van der Waals surface area contributed by atoms with Gasteiger partial charge in [0.1, 0.15) is 49.8 Å². The van der Waals surface area contributed by atoms with Crippen LogP contribution in [0.2, 0.25) is 0 Å². The van der Waals surface area contributed by atoms with Gasteiger partial charge in [-0.3, -0.25) is 0 Å². The summed E-state index contributed by atoms with van der Waals surface area (Å²) in [5, 5.41) is 0. The van der Waals surface area contributed by atoms with E-state index >= 15 is 0 Å². The summed E-state index contributed by atoms with van der Waals surface area (Å²) in [7, 11) is 0. The molecule has 12 atom stereocenters. The molecule has 18 nitrogen and oxygen atoms in total. The maximum absolute atomic E-state index is 13.9. The lowest BCUT2D eigenvalue weighted by Gasteiger charge is -2.37. The number of carbonyl (C=O) groups excluding carboxylic acids is 6. The van der Waals surface area contributed by atoms with E-state index in [9.17, 15) is 28.8 Å². The summed E-state index contributed by atoms with van der Waals surface area (Å²) >= 11 is 0. The Morgan fingerprint density at radius 1 is 0.355 bits per heavy atom. The second-order valence-corrected chi connectivity index (χ2v) is 17.9. The van der Waals surface area contributed by atoms with Crippen LogP contribution in [-0.4, -0.2) is 136 Å². The van der Waals surface area contributed by atoms with Gasteiger partial charge in [0.15, 0.2) is 37.0 Å². The third-order valence-corrected chi connectivity index (χ3v) is 12.9. The first-order valence-corrected chi connectivity index (χ1v) is 24.5. The van der Waals surface area contributed by atoms with Crippen molar-refractivity contribution in [2.45, 2.75) is 73.6 Å². The fourth-order valence-electron chi connectivity index (χ4n) is 9.09. The topological polar surface area (TPSA) is 213 Å². The van der Waals surface area contributed by atoms with Gasteiger partial charge in [-0.05, 0) is 72.8 Å². The number of hydrogen-bond donors (Lipinski definition) is 0. The Kier molecular flexibility index (Phi) is 16.3. The minimum absolute atomic E-state index is 0.00571.